The first kappa shape index (κ1) is 12.1. The average Bonchev–Trinajstić information content (AvgIpc) is 2.75. The van der Waals surface area contributed by atoms with Crippen LogP contribution >= 0.6 is 0 Å². The van der Waals surface area contributed by atoms with Crippen LogP contribution in [0, 0.1) is 6.92 Å². The molecule has 0 spiro atoms. The van der Waals surface area contributed by atoms with Gasteiger partial charge in [-0.2, -0.15) is 4.98 Å². The highest BCUT2D eigenvalue weighted by atomic mass is 16.4. The van der Waals surface area contributed by atoms with Gasteiger partial charge in [-0.25, -0.2) is 0 Å². The Labute approximate surface area is 104 Å². The van der Waals surface area contributed by atoms with E-state index >= 15 is 0 Å². The number of hydrogen-bond acceptors (Lipinski definition) is 5. The van der Waals surface area contributed by atoms with E-state index in [1.54, 1.807) is 25.3 Å². The van der Waals surface area contributed by atoms with Gasteiger partial charge in [-0.3, -0.25) is 15.1 Å². The highest BCUT2D eigenvalue weighted by Crippen LogP contribution is 2.11. The van der Waals surface area contributed by atoms with Gasteiger partial charge < -0.3 is 9.73 Å². The Morgan fingerprint density at radius 3 is 3.00 bits per heavy atom. The predicted octanol–water partition coefficient (Wildman–Crippen LogP) is 2.06. The number of carbonyl (C=O) groups is 1. The maximum atomic E-state index is 11.9. The minimum absolute atomic E-state index is 0.174. The molecule has 2 aromatic heterocycles. The molecule has 0 unspecified atom stereocenters. The lowest BCUT2D eigenvalue weighted by atomic mass is 10.3. The summed E-state index contributed by atoms with van der Waals surface area (Å²) in [6.45, 7) is 4.54. The second kappa shape index (κ2) is 5.31. The molecule has 6 heteroatoms. The molecule has 0 saturated heterocycles. The number of nitrogens with one attached hydrogen (secondary N) is 2. The van der Waals surface area contributed by atoms with Crippen LogP contribution in [0.1, 0.15) is 23.1 Å². The van der Waals surface area contributed by atoms with Gasteiger partial charge in [0, 0.05) is 18.4 Å². The van der Waals surface area contributed by atoms with Gasteiger partial charge in [-0.05, 0) is 26.0 Å². The molecular weight excluding hydrogens is 232 g/mol. The molecule has 2 aromatic rings. The Morgan fingerprint density at radius 1 is 1.50 bits per heavy atom. The molecular formula is C12H14N4O2. The molecule has 0 fully saturated rings. The summed E-state index contributed by atoms with van der Waals surface area (Å²) in [5, 5.41) is 5.65. The predicted molar refractivity (Wildman–Crippen MR) is 67.6 cm³/mol. The Kier molecular flexibility index (Phi) is 3.57. The van der Waals surface area contributed by atoms with Crippen LogP contribution in [-0.4, -0.2) is 22.4 Å². The van der Waals surface area contributed by atoms with Gasteiger partial charge in [-0.15, -0.1) is 0 Å². The van der Waals surface area contributed by atoms with Crippen LogP contribution in [-0.2, 0) is 0 Å². The van der Waals surface area contributed by atoms with Crippen LogP contribution in [0.15, 0.2) is 29.0 Å². The van der Waals surface area contributed by atoms with Gasteiger partial charge in [0.2, 0.25) is 0 Å². The molecule has 0 aromatic carbocycles. The van der Waals surface area contributed by atoms with Crippen molar-refractivity contribution < 1.29 is 9.21 Å². The van der Waals surface area contributed by atoms with Crippen molar-refractivity contribution in [2.75, 3.05) is 17.2 Å². The first-order chi connectivity index (χ1) is 8.69. The second-order valence-corrected chi connectivity index (χ2v) is 3.71. The lowest BCUT2D eigenvalue weighted by Crippen LogP contribution is -2.14. The van der Waals surface area contributed by atoms with Crippen molar-refractivity contribution in [3.05, 3.63) is 36.0 Å². The summed E-state index contributed by atoms with van der Waals surface area (Å²) >= 11 is 0. The quantitative estimate of drug-likeness (QED) is 0.863. The Balaban J connectivity index is 2.11. The minimum atomic E-state index is -0.350. The molecule has 0 aliphatic carbocycles. The summed E-state index contributed by atoms with van der Waals surface area (Å²) in [4.78, 5) is 19.9. The summed E-state index contributed by atoms with van der Waals surface area (Å²) < 4.78 is 5.05. The third-order valence-corrected chi connectivity index (χ3v) is 2.21. The molecule has 0 saturated carbocycles. The van der Waals surface area contributed by atoms with E-state index < -0.39 is 0 Å². The number of nitrogens with zero attached hydrogens (tertiary/aromatic N) is 2. The number of hydrogen-bond donors (Lipinski definition) is 2. The highest BCUT2D eigenvalue weighted by molar-refractivity contribution is 6.02. The van der Waals surface area contributed by atoms with E-state index in [-0.39, 0.29) is 11.9 Å². The molecule has 2 rings (SSSR count). The van der Waals surface area contributed by atoms with E-state index in [1.165, 1.54) is 6.26 Å². The van der Waals surface area contributed by atoms with Crippen LogP contribution < -0.4 is 10.6 Å². The highest BCUT2D eigenvalue weighted by Gasteiger charge is 2.11. The van der Waals surface area contributed by atoms with E-state index in [4.69, 9.17) is 4.42 Å². The molecule has 0 radical (unpaired) electrons. The van der Waals surface area contributed by atoms with Crippen LogP contribution in [0.3, 0.4) is 0 Å². The first-order valence-electron chi connectivity index (χ1n) is 5.62. The fourth-order valence-corrected chi connectivity index (χ4v) is 1.44. The number of aryl methyl sites for hydroxylation is 1. The number of rotatable bonds is 4. The SMILES string of the molecule is CCNc1ccnc(C(=O)Nc2nc(C)co2)c1. The fraction of sp³-hybridized carbons (Fsp3) is 0.250. The Hall–Kier alpha value is -2.37. The number of pyridine rings is 1. The molecule has 1 amide bonds. The van der Waals surface area contributed by atoms with Crippen molar-refractivity contribution in [1.82, 2.24) is 9.97 Å². The minimum Gasteiger partial charge on any atom is -0.432 e. The average molecular weight is 246 g/mol. The third-order valence-electron chi connectivity index (χ3n) is 2.21. The molecule has 0 aliphatic rings. The van der Waals surface area contributed by atoms with Gasteiger partial charge in [-0.1, -0.05) is 0 Å². The zero-order chi connectivity index (χ0) is 13.0. The Morgan fingerprint density at radius 2 is 2.33 bits per heavy atom. The maximum absolute atomic E-state index is 11.9. The normalized spacial score (nSPS) is 10.1. The van der Waals surface area contributed by atoms with Crippen LogP contribution in [0.25, 0.3) is 0 Å². The molecule has 0 atom stereocenters. The van der Waals surface area contributed by atoms with Gasteiger partial charge in [0.05, 0.1) is 5.69 Å². The molecule has 18 heavy (non-hydrogen) atoms. The number of amides is 1. The van der Waals surface area contributed by atoms with Crippen LogP contribution in [0.5, 0.6) is 0 Å². The molecule has 2 heterocycles. The monoisotopic (exact) mass is 246 g/mol. The smallest absolute Gasteiger partial charge is 0.301 e. The zero-order valence-electron chi connectivity index (χ0n) is 10.2. The van der Waals surface area contributed by atoms with E-state index in [1.807, 2.05) is 6.92 Å². The molecule has 0 aliphatic heterocycles. The van der Waals surface area contributed by atoms with Crippen molar-refractivity contribution >= 4 is 17.6 Å². The second-order valence-electron chi connectivity index (χ2n) is 3.71. The van der Waals surface area contributed by atoms with Gasteiger partial charge in [0.25, 0.3) is 5.91 Å². The summed E-state index contributed by atoms with van der Waals surface area (Å²) in [5.74, 6) is -0.350. The molecule has 2 N–H and O–H groups in total. The van der Waals surface area contributed by atoms with Crippen molar-refractivity contribution in [2.24, 2.45) is 0 Å². The summed E-state index contributed by atoms with van der Waals surface area (Å²) in [7, 11) is 0. The number of carbonyl (C=O) groups excluding carboxylic acids is 1. The summed E-state index contributed by atoms with van der Waals surface area (Å²) in [6.07, 6.45) is 3.05. The number of oxazole rings is 1. The van der Waals surface area contributed by atoms with Gasteiger partial charge in [0.1, 0.15) is 12.0 Å². The van der Waals surface area contributed by atoms with E-state index in [0.717, 1.165) is 12.2 Å². The van der Waals surface area contributed by atoms with E-state index in [0.29, 0.717) is 11.4 Å². The molecule has 94 valence electrons. The van der Waals surface area contributed by atoms with E-state index in [9.17, 15) is 4.79 Å². The third kappa shape index (κ3) is 2.85. The van der Waals surface area contributed by atoms with Crippen molar-refractivity contribution in [2.45, 2.75) is 13.8 Å². The number of aromatic nitrogens is 2. The fourth-order valence-electron chi connectivity index (χ4n) is 1.44. The van der Waals surface area contributed by atoms with Crippen LogP contribution in [0.2, 0.25) is 0 Å². The topological polar surface area (TPSA) is 80.0 Å². The standard InChI is InChI=1S/C12H14N4O2/c1-3-13-9-4-5-14-10(6-9)11(17)16-12-15-8(2)7-18-12/h4-7H,3H2,1-2H3,(H,13,14)(H,15,16,17). The number of anilines is 2. The summed E-state index contributed by atoms with van der Waals surface area (Å²) in [5.41, 5.74) is 1.87. The Bertz CT molecular complexity index is 551. The maximum Gasteiger partial charge on any atom is 0.301 e. The van der Waals surface area contributed by atoms with Crippen molar-refractivity contribution in [3.63, 3.8) is 0 Å². The van der Waals surface area contributed by atoms with Crippen LogP contribution in [0.4, 0.5) is 11.7 Å². The molecule has 0 bridgehead atoms. The van der Waals surface area contributed by atoms with Crippen molar-refractivity contribution in [1.29, 1.82) is 0 Å². The zero-order valence-corrected chi connectivity index (χ0v) is 10.2. The largest absolute Gasteiger partial charge is 0.432 e. The first-order valence-corrected chi connectivity index (χ1v) is 5.62. The summed E-state index contributed by atoms with van der Waals surface area (Å²) in [6, 6.07) is 3.65. The van der Waals surface area contributed by atoms with Gasteiger partial charge >= 0.3 is 6.01 Å². The lowest BCUT2D eigenvalue weighted by molar-refractivity contribution is 0.101. The molecule has 6 nitrogen and oxygen atoms in total. The lowest BCUT2D eigenvalue weighted by Gasteiger charge is -2.04. The van der Waals surface area contributed by atoms with Crippen molar-refractivity contribution in [3.8, 4) is 0 Å². The van der Waals surface area contributed by atoms with E-state index in [2.05, 4.69) is 20.6 Å². The van der Waals surface area contributed by atoms with Gasteiger partial charge in [0.15, 0.2) is 0 Å².